The normalized spacial score (nSPS) is 13.0. The number of halogens is 3. The van der Waals surface area contributed by atoms with Crippen molar-refractivity contribution in [2.75, 3.05) is 20.2 Å². The lowest BCUT2D eigenvalue weighted by Crippen LogP contribution is -2.47. The third-order valence-electron chi connectivity index (χ3n) is 1.80. The fourth-order valence-electron chi connectivity index (χ4n) is 1.06. The van der Waals surface area contributed by atoms with E-state index in [1.807, 2.05) is 0 Å². The van der Waals surface area contributed by atoms with Gasteiger partial charge in [-0.25, -0.2) is 4.79 Å². The Balaban J connectivity index is 4.00. The van der Waals surface area contributed by atoms with Crippen LogP contribution in [0.3, 0.4) is 0 Å². The first-order valence-corrected chi connectivity index (χ1v) is 4.88. The van der Waals surface area contributed by atoms with Crippen molar-refractivity contribution in [3.63, 3.8) is 0 Å². The summed E-state index contributed by atoms with van der Waals surface area (Å²) >= 11 is 0. The number of amides is 1. The van der Waals surface area contributed by atoms with Gasteiger partial charge < -0.3 is 15.4 Å². The number of hydrogen-bond acceptors (Lipinski definition) is 4. The zero-order valence-corrected chi connectivity index (χ0v) is 9.56. The summed E-state index contributed by atoms with van der Waals surface area (Å²) in [6, 6.07) is -0.981. The minimum Gasteiger partial charge on any atom is -0.467 e. The van der Waals surface area contributed by atoms with Crippen LogP contribution in [-0.2, 0) is 14.3 Å². The zero-order chi connectivity index (χ0) is 13.5. The van der Waals surface area contributed by atoms with Gasteiger partial charge in [0.05, 0.1) is 13.5 Å². The van der Waals surface area contributed by atoms with E-state index in [9.17, 15) is 22.8 Å². The monoisotopic (exact) mass is 256 g/mol. The molecule has 0 aliphatic heterocycles. The van der Waals surface area contributed by atoms with Crippen LogP contribution in [0, 0.1) is 0 Å². The van der Waals surface area contributed by atoms with E-state index in [4.69, 9.17) is 0 Å². The van der Waals surface area contributed by atoms with E-state index in [0.717, 1.165) is 7.11 Å². The van der Waals surface area contributed by atoms with Gasteiger partial charge in [0, 0.05) is 20.0 Å². The number of carbonyl (C=O) groups is 2. The molecule has 5 nitrogen and oxygen atoms in total. The average Bonchev–Trinajstić information content (AvgIpc) is 2.19. The summed E-state index contributed by atoms with van der Waals surface area (Å²) in [4.78, 5) is 21.9. The maximum absolute atomic E-state index is 11.8. The number of ether oxygens (including phenoxy) is 1. The maximum Gasteiger partial charge on any atom is 0.390 e. The molecule has 1 unspecified atom stereocenters. The molecule has 0 rings (SSSR count). The fraction of sp³-hybridized carbons (Fsp3) is 0.778. The lowest BCUT2D eigenvalue weighted by Gasteiger charge is -2.16. The maximum atomic E-state index is 11.8. The number of esters is 1. The van der Waals surface area contributed by atoms with Crippen molar-refractivity contribution in [3.05, 3.63) is 0 Å². The zero-order valence-electron chi connectivity index (χ0n) is 9.56. The Morgan fingerprint density at radius 1 is 1.35 bits per heavy atom. The quantitative estimate of drug-likeness (QED) is 0.526. The van der Waals surface area contributed by atoms with E-state index in [1.54, 1.807) is 0 Å². The smallest absolute Gasteiger partial charge is 0.390 e. The highest BCUT2D eigenvalue weighted by molar-refractivity contribution is 5.83. The van der Waals surface area contributed by atoms with Crippen molar-refractivity contribution in [1.82, 2.24) is 10.6 Å². The Bertz CT molecular complexity index is 269. The summed E-state index contributed by atoms with van der Waals surface area (Å²) in [6.45, 7) is 0.768. The first-order valence-electron chi connectivity index (χ1n) is 4.88. The van der Waals surface area contributed by atoms with Crippen LogP contribution in [0.2, 0.25) is 0 Å². The molecule has 0 saturated carbocycles. The highest BCUT2D eigenvalue weighted by Gasteiger charge is 2.26. The number of hydrogen-bond donors (Lipinski definition) is 2. The van der Waals surface area contributed by atoms with E-state index in [-0.39, 0.29) is 13.1 Å². The highest BCUT2D eigenvalue weighted by Crippen LogP contribution is 2.17. The Morgan fingerprint density at radius 3 is 2.35 bits per heavy atom. The van der Waals surface area contributed by atoms with Crippen molar-refractivity contribution in [2.24, 2.45) is 0 Å². The summed E-state index contributed by atoms with van der Waals surface area (Å²) in [7, 11) is 1.13. The summed E-state index contributed by atoms with van der Waals surface area (Å²) in [6.07, 6.45) is -5.25. The van der Waals surface area contributed by atoms with Gasteiger partial charge in [-0.05, 0) is 0 Å². The first-order chi connectivity index (χ1) is 7.76. The molecule has 0 aliphatic rings. The molecule has 0 saturated heterocycles. The van der Waals surface area contributed by atoms with Gasteiger partial charge in [0.2, 0.25) is 5.91 Å². The topological polar surface area (TPSA) is 67.4 Å². The van der Waals surface area contributed by atoms with Crippen LogP contribution in [0.15, 0.2) is 0 Å². The third kappa shape index (κ3) is 8.49. The minimum absolute atomic E-state index is 0.109. The van der Waals surface area contributed by atoms with Crippen LogP contribution in [0.1, 0.15) is 13.3 Å². The van der Waals surface area contributed by atoms with E-state index >= 15 is 0 Å². The predicted molar refractivity (Wildman–Crippen MR) is 53.2 cm³/mol. The molecule has 17 heavy (non-hydrogen) atoms. The standard InChI is InChI=1S/C9H15F3N2O3/c1-6(15)14-7(8(16)17-2)5-13-4-3-9(10,11)12/h7,13H,3-5H2,1-2H3,(H,14,15). The van der Waals surface area contributed by atoms with Gasteiger partial charge in [-0.1, -0.05) is 0 Å². The highest BCUT2D eigenvalue weighted by atomic mass is 19.4. The lowest BCUT2D eigenvalue weighted by molar-refractivity contribution is -0.144. The number of nitrogens with one attached hydrogen (secondary N) is 2. The van der Waals surface area contributed by atoms with Crippen LogP contribution < -0.4 is 10.6 Å². The second-order valence-electron chi connectivity index (χ2n) is 3.35. The summed E-state index contributed by atoms with van der Waals surface area (Å²) in [5, 5.41) is 4.70. The third-order valence-corrected chi connectivity index (χ3v) is 1.80. The Labute approximate surface area is 96.7 Å². The Hall–Kier alpha value is -1.31. The molecule has 0 aromatic heterocycles. The Morgan fingerprint density at radius 2 is 1.94 bits per heavy atom. The molecule has 0 spiro atoms. The molecule has 0 bridgehead atoms. The van der Waals surface area contributed by atoms with Gasteiger partial charge in [-0.2, -0.15) is 13.2 Å². The van der Waals surface area contributed by atoms with Crippen LogP contribution >= 0.6 is 0 Å². The van der Waals surface area contributed by atoms with Gasteiger partial charge in [-0.15, -0.1) is 0 Å². The van der Waals surface area contributed by atoms with Crippen LogP contribution in [0.4, 0.5) is 13.2 Å². The molecule has 0 aromatic rings. The van der Waals surface area contributed by atoms with E-state index < -0.39 is 30.5 Å². The number of alkyl halides is 3. The van der Waals surface area contributed by atoms with E-state index in [0.29, 0.717) is 0 Å². The minimum atomic E-state index is -4.25. The summed E-state index contributed by atoms with van der Waals surface area (Å²) in [5.74, 6) is -1.17. The molecular formula is C9H15F3N2O3. The van der Waals surface area contributed by atoms with E-state index in [2.05, 4.69) is 15.4 Å². The molecular weight excluding hydrogens is 241 g/mol. The van der Waals surface area contributed by atoms with Crippen LogP contribution in [0.5, 0.6) is 0 Å². The van der Waals surface area contributed by atoms with Crippen LogP contribution in [-0.4, -0.2) is 44.3 Å². The van der Waals surface area contributed by atoms with Gasteiger partial charge >= 0.3 is 12.1 Å². The molecule has 100 valence electrons. The molecule has 0 aromatic carbocycles. The molecule has 1 atom stereocenters. The number of rotatable bonds is 6. The number of methoxy groups -OCH3 is 1. The molecule has 1 amide bonds. The van der Waals surface area contributed by atoms with Gasteiger partial charge in [0.15, 0.2) is 0 Å². The molecule has 8 heteroatoms. The molecule has 0 aliphatic carbocycles. The molecule has 0 fully saturated rings. The fourth-order valence-corrected chi connectivity index (χ4v) is 1.06. The Kier molecular flexibility index (Phi) is 6.55. The van der Waals surface area contributed by atoms with Gasteiger partial charge in [0.25, 0.3) is 0 Å². The largest absolute Gasteiger partial charge is 0.467 e. The second kappa shape index (κ2) is 7.10. The van der Waals surface area contributed by atoms with Crippen molar-refractivity contribution in [3.8, 4) is 0 Å². The average molecular weight is 256 g/mol. The van der Waals surface area contributed by atoms with Crippen molar-refractivity contribution in [2.45, 2.75) is 25.6 Å². The van der Waals surface area contributed by atoms with E-state index in [1.165, 1.54) is 6.92 Å². The first kappa shape index (κ1) is 15.7. The lowest BCUT2D eigenvalue weighted by atomic mass is 10.3. The van der Waals surface area contributed by atoms with Crippen LogP contribution in [0.25, 0.3) is 0 Å². The molecule has 0 radical (unpaired) electrons. The van der Waals surface area contributed by atoms with Crippen molar-refractivity contribution in [1.29, 1.82) is 0 Å². The predicted octanol–water partition coefficient (Wildman–Crippen LogP) is 0.206. The second-order valence-corrected chi connectivity index (χ2v) is 3.35. The van der Waals surface area contributed by atoms with Gasteiger partial charge in [-0.3, -0.25) is 4.79 Å². The molecule has 2 N–H and O–H groups in total. The summed E-state index contributed by atoms with van der Waals surface area (Å²) in [5.41, 5.74) is 0. The SMILES string of the molecule is COC(=O)C(CNCCC(F)(F)F)NC(C)=O. The molecule has 0 heterocycles. The van der Waals surface area contributed by atoms with Gasteiger partial charge in [0.1, 0.15) is 6.04 Å². The number of carbonyl (C=O) groups excluding carboxylic acids is 2. The summed E-state index contributed by atoms with van der Waals surface area (Å²) < 4.78 is 39.8. The van der Waals surface area contributed by atoms with Crippen molar-refractivity contribution < 1.29 is 27.5 Å². The van der Waals surface area contributed by atoms with Crippen molar-refractivity contribution >= 4 is 11.9 Å².